The summed E-state index contributed by atoms with van der Waals surface area (Å²) in [4.78, 5) is 0. The molecule has 0 aromatic carbocycles. The zero-order valence-electron chi connectivity index (χ0n) is 8.57. The standard InChI is InChI=1S/C12H18/c1-9(2)12(5)7-6-10(3)11(4)8-12/h6-7H,1,8H2,2-5H3. The van der Waals surface area contributed by atoms with E-state index in [1.165, 1.54) is 16.7 Å². The molecule has 0 nitrogen and oxygen atoms in total. The van der Waals surface area contributed by atoms with Gasteiger partial charge in [-0.3, -0.25) is 0 Å². The van der Waals surface area contributed by atoms with Crippen LogP contribution in [0, 0.1) is 5.41 Å². The van der Waals surface area contributed by atoms with Gasteiger partial charge in [0.05, 0.1) is 0 Å². The summed E-state index contributed by atoms with van der Waals surface area (Å²) < 4.78 is 0. The predicted octanol–water partition coefficient (Wildman–Crippen LogP) is 3.87. The fourth-order valence-corrected chi connectivity index (χ4v) is 1.49. The van der Waals surface area contributed by atoms with Gasteiger partial charge in [-0.1, -0.05) is 42.4 Å². The van der Waals surface area contributed by atoms with Crippen molar-refractivity contribution in [3.05, 3.63) is 35.5 Å². The number of allylic oxidation sites excluding steroid dienone is 5. The van der Waals surface area contributed by atoms with Crippen molar-refractivity contribution in [3.8, 4) is 0 Å². The van der Waals surface area contributed by atoms with Crippen LogP contribution in [0.1, 0.15) is 34.1 Å². The van der Waals surface area contributed by atoms with E-state index in [2.05, 4.69) is 46.4 Å². The predicted molar refractivity (Wildman–Crippen MR) is 55.1 cm³/mol. The minimum atomic E-state index is 0.198. The van der Waals surface area contributed by atoms with E-state index in [1.807, 2.05) is 0 Å². The van der Waals surface area contributed by atoms with Crippen molar-refractivity contribution >= 4 is 0 Å². The SMILES string of the molecule is C=C(C)C1(C)C=CC(C)=C(C)C1. The molecule has 1 aliphatic rings. The normalized spacial score (nSPS) is 29.3. The lowest BCUT2D eigenvalue weighted by Crippen LogP contribution is -2.17. The van der Waals surface area contributed by atoms with Crippen molar-refractivity contribution in [2.45, 2.75) is 34.1 Å². The van der Waals surface area contributed by atoms with Crippen molar-refractivity contribution in [1.29, 1.82) is 0 Å². The Morgan fingerprint density at radius 2 is 2.08 bits per heavy atom. The van der Waals surface area contributed by atoms with Gasteiger partial charge in [0.25, 0.3) is 0 Å². The van der Waals surface area contributed by atoms with Gasteiger partial charge in [0.15, 0.2) is 0 Å². The van der Waals surface area contributed by atoms with Gasteiger partial charge in [0.2, 0.25) is 0 Å². The minimum absolute atomic E-state index is 0.198. The summed E-state index contributed by atoms with van der Waals surface area (Å²) in [6, 6.07) is 0. The second kappa shape index (κ2) is 2.93. The molecule has 12 heavy (non-hydrogen) atoms. The molecule has 0 radical (unpaired) electrons. The van der Waals surface area contributed by atoms with E-state index >= 15 is 0 Å². The zero-order valence-corrected chi connectivity index (χ0v) is 8.57. The third kappa shape index (κ3) is 1.52. The van der Waals surface area contributed by atoms with E-state index in [4.69, 9.17) is 0 Å². The first-order valence-electron chi connectivity index (χ1n) is 4.47. The molecule has 66 valence electrons. The van der Waals surface area contributed by atoms with Crippen LogP contribution in [-0.4, -0.2) is 0 Å². The first kappa shape index (κ1) is 9.31. The molecule has 0 saturated heterocycles. The van der Waals surface area contributed by atoms with Gasteiger partial charge in [-0.2, -0.15) is 0 Å². The number of rotatable bonds is 1. The van der Waals surface area contributed by atoms with E-state index < -0.39 is 0 Å². The summed E-state index contributed by atoms with van der Waals surface area (Å²) in [5.41, 5.74) is 4.35. The minimum Gasteiger partial charge on any atom is -0.0993 e. The van der Waals surface area contributed by atoms with Crippen LogP contribution in [-0.2, 0) is 0 Å². The first-order chi connectivity index (χ1) is 5.46. The molecule has 0 saturated carbocycles. The Labute approximate surface area is 75.7 Å². The Bertz CT molecular complexity index is 266. The Morgan fingerprint density at radius 3 is 2.50 bits per heavy atom. The topological polar surface area (TPSA) is 0 Å². The first-order valence-corrected chi connectivity index (χ1v) is 4.47. The smallest absolute Gasteiger partial charge is 0.00974 e. The van der Waals surface area contributed by atoms with Crippen LogP contribution in [0.25, 0.3) is 0 Å². The van der Waals surface area contributed by atoms with Crippen molar-refractivity contribution in [2.24, 2.45) is 5.41 Å². The summed E-state index contributed by atoms with van der Waals surface area (Å²) in [6.07, 6.45) is 5.62. The molecule has 0 bridgehead atoms. The summed E-state index contributed by atoms with van der Waals surface area (Å²) in [6.45, 7) is 12.8. The maximum atomic E-state index is 4.04. The van der Waals surface area contributed by atoms with E-state index in [1.54, 1.807) is 0 Å². The molecule has 0 heteroatoms. The van der Waals surface area contributed by atoms with Crippen molar-refractivity contribution in [2.75, 3.05) is 0 Å². The molecule has 1 atom stereocenters. The van der Waals surface area contributed by atoms with Crippen LogP contribution in [0.15, 0.2) is 35.5 Å². The van der Waals surface area contributed by atoms with Crippen LogP contribution >= 0.6 is 0 Å². The lowest BCUT2D eigenvalue weighted by Gasteiger charge is -2.30. The Hall–Kier alpha value is -0.780. The van der Waals surface area contributed by atoms with Crippen LogP contribution < -0.4 is 0 Å². The van der Waals surface area contributed by atoms with Crippen LogP contribution in [0.4, 0.5) is 0 Å². The molecule has 1 rings (SSSR count). The van der Waals surface area contributed by atoms with E-state index in [-0.39, 0.29) is 5.41 Å². The van der Waals surface area contributed by atoms with Gasteiger partial charge in [0.1, 0.15) is 0 Å². The quantitative estimate of drug-likeness (QED) is 0.513. The largest absolute Gasteiger partial charge is 0.0993 e. The van der Waals surface area contributed by atoms with Crippen molar-refractivity contribution < 1.29 is 0 Å². The summed E-state index contributed by atoms with van der Waals surface area (Å²) in [5.74, 6) is 0. The van der Waals surface area contributed by atoms with Gasteiger partial charge < -0.3 is 0 Å². The summed E-state index contributed by atoms with van der Waals surface area (Å²) in [5, 5.41) is 0. The van der Waals surface area contributed by atoms with Crippen molar-refractivity contribution in [1.82, 2.24) is 0 Å². The highest BCUT2D eigenvalue weighted by atomic mass is 14.3. The Morgan fingerprint density at radius 1 is 1.50 bits per heavy atom. The van der Waals surface area contributed by atoms with Gasteiger partial charge in [-0.15, -0.1) is 0 Å². The van der Waals surface area contributed by atoms with E-state index in [0.717, 1.165) is 6.42 Å². The Kier molecular flexibility index (Phi) is 2.27. The van der Waals surface area contributed by atoms with Crippen LogP contribution in [0.5, 0.6) is 0 Å². The van der Waals surface area contributed by atoms with Crippen LogP contribution in [0.3, 0.4) is 0 Å². The van der Waals surface area contributed by atoms with E-state index in [9.17, 15) is 0 Å². The monoisotopic (exact) mass is 162 g/mol. The molecule has 0 amide bonds. The molecule has 0 fully saturated rings. The average molecular weight is 162 g/mol. The second-order valence-corrected chi connectivity index (χ2v) is 4.17. The highest BCUT2D eigenvalue weighted by Crippen LogP contribution is 2.38. The lowest BCUT2D eigenvalue weighted by molar-refractivity contribution is 0.501. The Balaban J connectivity index is 2.94. The summed E-state index contributed by atoms with van der Waals surface area (Å²) >= 11 is 0. The zero-order chi connectivity index (χ0) is 9.35. The molecule has 0 N–H and O–H groups in total. The molecule has 0 aromatic heterocycles. The third-order valence-corrected chi connectivity index (χ3v) is 2.98. The van der Waals surface area contributed by atoms with Crippen molar-refractivity contribution in [3.63, 3.8) is 0 Å². The van der Waals surface area contributed by atoms with E-state index in [0.29, 0.717) is 0 Å². The molecule has 0 aliphatic heterocycles. The maximum Gasteiger partial charge on any atom is 0.00974 e. The molecule has 0 aromatic rings. The fraction of sp³-hybridized carbons (Fsp3) is 0.500. The molecular weight excluding hydrogens is 144 g/mol. The highest BCUT2D eigenvalue weighted by Gasteiger charge is 2.24. The molecular formula is C12H18. The maximum absolute atomic E-state index is 4.04. The molecule has 0 heterocycles. The van der Waals surface area contributed by atoms with Crippen LogP contribution in [0.2, 0.25) is 0 Å². The number of hydrogen-bond acceptors (Lipinski definition) is 0. The average Bonchev–Trinajstić information content (AvgIpc) is 1.97. The van der Waals surface area contributed by atoms with Gasteiger partial charge in [0, 0.05) is 5.41 Å². The van der Waals surface area contributed by atoms with Gasteiger partial charge in [-0.25, -0.2) is 0 Å². The molecule has 1 unspecified atom stereocenters. The highest BCUT2D eigenvalue weighted by molar-refractivity contribution is 5.34. The lowest BCUT2D eigenvalue weighted by atomic mass is 9.74. The second-order valence-electron chi connectivity index (χ2n) is 4.17. The third-order valence-electron chi connectivity index (χ3n) is 2.98. The molecule has 1 aliphatic carbocycles. The van der Waals surface area contributed by atoms with Gasteiger partial charge >= 0.3 is 0 Å². The number of hydrogen-bond donors (Lipinski definition) is 0. The molecule has 0 spiro atoms. The fourth-order valence-electron chi connectivity index (χ4n) is 1.49. The van der Waals surface area contributed by atoms with Gasteiger partial charge in [-0.05, 0) is 27.2 Å². The summed E-state index contributed by atoms with van der Waals surface area (Å²) in [7, 11) is 0.